The zero-order valence-electron chi connectivity index (χ0n) is 9.81. The fourth-order valence-electron chi connectivity index (χ4n) is 1.43. The summed E-state index contributed by atoms with van der Waals surface area (Å²) < 4.78 is 24.2. The van der Waals surface area contributed by atoms with Crippen LogP contribution in [0.1, 0.15) is 20.3 Å². The molecule has 0 radical (unpaired) electrons. The maximum atomic E-state index is 12.1. The van der Waals surface area contributed by atoms with Gasteiger partial charge in [-0.2, -0.15) is 0 Å². The van der Waals surface area contributed by atoms with Crippen molar-refractivity contribution in [3.8, 4) is 0 Å². The highest BCUT2D eigenvalue weighted by Crippen LogP contribution is 2.14. The van der Waals surface area contributed by atoms with Gasteiger partial charge in [0, 0.05) is 6.54 Å². The Balaban J connectivity index is 2.71. The van der Waals surface area contributed by atoms with Crippen molar-refractivity contribution >= 4 is 9.84 Å². The van der Waals surface area contributed by atoms with Gasteiger partial charge in [-0.25, -0.2) is 8.42 Å². The lowest BCUT2D eigenvalue weighted by Crippen LogP contribution is -2.31. The molecule has 1 aromatic carbocycles. The van der Waals surface area contributed by atoms with E-state index in [-0.39, 0.29) is 5.25 Å². The van der Waals surface area contributed by atoms with Crippen LogP contribution in [0.4, 0.5) is 0 Å². The Morgan fingerprint density at radius 2 is 1.88 bits per heavy atom. The molecule has 0 saturated carbocycles. The van der Waals surface area contributed by atoms with E-state index < -0.39 is 9.84 Å². The molecule has 0 aliphatic rings. The van der Waals surface area contributed by atoms with Gasteiger partial charge in [0.25, 0.3) is 0 Å². The van der Waals surface area contributed by atoms with E-state index in [1.54, 1.807) is 31.2 Å². The fourth-order valence-corrected chi connectivity index (χ4v) is 2.77. The Morgan fingerprint density at radius 1 is 1.25 bits per heavy atom. The fraction of sp³-hybridized carbons (Fsp3) is 0.500. The highest BCUT2D eigenvalue weighted by Gasteiger charge is 2.22. The summed E-state index contributed by atoms with van der Waals surface area (Å²) in [6, 6.07) is 8.61. The first kappa shape index (κ1) is 13.2. The average molecular weight is 241 g/mol. The van der Waals surface area contributed by atoms with Crippen molar-refractivity contribution in [3.05, 3.63) is 30.3 Å². The number of nitrogens with one attached hydrogen (secondary N) is 1. The molecule has 1 aromatic rings. The van der Waals surface area contributed by atoms with Crippen LogP contribution in [-0.2, 0) is 9.84 Å². The van der Waals surface area contributed by atoms with Gasteiger partial charge in [-0.05, 0) is 32.0 Å². The minimum atomic E-state index is -3.18. The number of rotatable bonds is 6. The topological polar surface area (TPSA) is 46.2 Å². The SMILES string of the molecule is CCCNCC(C)S(=O)(=O)c1ccccc1. The van der Waals surface area contributed by atoms with Crippen molar-refractivity contribution in [2.24, 2.45) is 0 Å². The molecule has 0 fully saturated rings. The van der Waals surface area contributed by atoms with Crippen molar-refractivity contribution in [2.75, 3.05) is 13.1 Å². The molecular formula is C12H19NO2S. The number of benzene rings is 1. The molecule has 1 unspecified atom stereocenters. The molecule has 0 aliphatic heterocycles. The minimum absolute atomic E-state index is 0.388. The second-order valence-electron chi connectivity index (χ2n) is 3.87. The van der Waals surface area contributed by atoms with E-state index in [2.05, 4.69) is 12.2 Å². The molecule has 16 heavy (non-hydrogen) atoms. The molecule has 1 rings (SSSR count). The molecule has 0 heterocycles. The van der Waals surface area contributed by atoms with Crippen LogP contribution in [0, 0.1) is 0 Å². The Labute approximate surface area is 97.8 Å². The van der Waals surface area contributed by atoms with Crippen LogP contribution >= 0.6 is 0 Å². The zero-order chi connectivity index (χ0) is 12.0. The van der Waals surface area contributed by atoms with Crippen molar-refractivity contribution < 1.29 is 8.42 Å². The molecular weight excluding hydrogens is 222 g/mol. The molecule has 1 N–H and O–H groups in total. The number of sulfone groups is 1. The van der Waals surface area contributed by atoms with Crippen molar-refractivity contribution in [2.45, 2.75) is 30.4 Å². The van der Waals surface area contributed by atoms with Crippen LogP contribution in [0.15, 0.2) is 35.2 Å². The molecule has 4 heteroatoms. The summed E-state index contributed by atoms with van der Waals surface area (Å²) in [4.78, 5) is 0.404. The Hall–Kier alpha value is -0.870. The van der Waals surface area contributed by atoms with Crippen molar-refractivity contribution in [1.82, 2.24) is 5.32 Å². The van der Waals surface area contributed by atoms with Crippen LogP contribution in [0.2, 0.25) is 0 Å². The third-order valence-electron chi connectivity index (χ3n) is 2.46. The zero-order valence-corrected chi connectivity index (χ0v) is 10.6. The van der Waals surface area contributed by atoms with E-state index in [1.807, 2.05) is 6.07 Å². The number of hydrogen-bond donors (Lipinski definition) is 1. The van der Waals surface area contributed by atoms with Crippen molar-refractivity contribution in [3.63, 3.8) is 0 Å². The summed E-state index contributed by atoms with van der Waals surface area (Å²) in [6.45, 7) is 5.16. The van der Waals surface area contributed by atoms with Gasteiger partial charge in [0.1, 0.15) is 0 Å². The molecule has 3 nitrogen and oxygen atoms in total. The minimum Gasteiger partial charge on any atom is -0.315 e. The largest absolute Gasteiger partial charge is 0.315 e. The standard InChI is InChI=1S/C12H19NO2S/c1-3-9-13-10-11(2)16(14,15)12-7-5-4-6-8-12/h4-8,11,13H,3,9-10H2,1-2H3. The van der Waals surface area contributed by atoms with Gasteiger partial charge in [-0.1, -0.05) is 25.1 Å². The van der Waals surface area contributed by atoms with Crippen LogP contribution in [-0.4, -0.2) is 26.8 Å². The molecule has 90 valence electrons. The molecule has 0 amide bonds. The van der Waals surface area contributed by atoms with Gasteiger partial charge in [0.2, 0.25) is 0 Å². The smallest absolute Gasteiger partial charge is 0.182 e. The molecule has 0 spiro atoms. The summed E-state index contributed by atoms with van der Waals surface area (Å²) in [5.41, 5.74) is 0. The maximum Gasteiger partial charge on any atom is 0.182 e. The van der Waals surface area contributed by atoms with Gasteiger partial charge in [-0.3, -0.25) is 0 Å². The Kier molecular flexibility index (Phi) is 4.96. The maximum absolute atomic E-state index is 12.1. The highest BCUT2D eigenvalue weighted by molar-refractivity contribution is 7.92. The first-order valence-corrected chi connectivity index (χ1v) is 7.13. The Morgan fingerprint density at radius 3 is 2.44 bits per heavy atom. The van der Waals surface area contributed by atoms with Crippen LogP contribution < -0.4 is 5.32 Å². The van der Waals surface area contributed by atoms with Gasteiger partial charge in [-0.15, -0.1) is 0 Å². The second kappa shape index (κ2) is 6.01. The second-order valence-corrected chi connectivity index (χ2v) is 6.24. The average Bonchev–Trinajstić information content (AvgIpc) is 2.30. The molecule has 1 atom stereocenters. The predicted molar refractivity (Wildman–Crippen MR) is 66.3 cm³/mol. The van der Waals surface area contributed by atoms with E-state index in [0.29, 0.717) is 11.4 Å². The van der Waals surface area contributed by atoms with E-state index >= 15 is 0 Å². The van der Waals surface area contributed by atoms with E-state index in [0.717, 1.165) is 13.0 Å². The Bertz CT molecular complexity index is 400. The third-order valence-corrected chi connectivity index (χ3v) is 4.62. The molecule has 0 aliphatic carbocycles. The first-order valence-electron chi connectivity index (χ1n) is 5.58. The highest BCUT2D eigenvalue weighted by atomic mass is 32.2. The lowest BCUT2D eigenvalue weighted by atomic mass is 10.4. The summed E-state index contributed by atoms with van der Waals surface area (Å²) in [5, 5.41) is 2.74. The monoisotopic (exact) mass is 241 g/mol. The first-order chi connectivity index (χ1) is 7.59. The van der Waals surface area contributed by atoms with E-state index in [9.17, 15) is 8.42 Å². The van der Waals surface area contributed by atoms with Gasteiger partial charge < -0.3 is 5.32 Å². The van der Waals surface area contributed by atoms with E-state index in [4.69, 9.17) is 0 Å². The normalized spacial score (nSPS) is 13.6. The summed E-state index contributed by atoms with van der Waals surface area (Å²) in [5.74, 6) is 0. The lowest BCUT2D eigenvalue weighted by Gasteiger charge is -2.13. The van der Waals surface area contributed by atoms with Gasteiger partial charge >= 0.3 is 0 Å². The van der Waals surface area contributed by atoms with Crippen LogP contribution in [0.25, 0.3) is 0 Å². The van der Waals surface area contributed by atoms with Crippen LogP contribution in [0.5, 0.6) is 0 Å². The molecule has 0 bridgehead atoms. The predicted octanol–water partition coefficient (Wildman–Crippen LogP) is 1.85. The quantitative estimate of drug-likeness (QED) is 0.773. The summed E-state index contributed by atoms with van der Waals surface area (Å²) in [6.07, 6.45) is 1.01. The summed E-state index contributed by atoms with van der Waals surface area (Å²) in [7, 11) is -3.18. The lowest BCUT2D eigenvalue weighted by molar-refractivity contribution is 0.571. The molecule has 0 aromatic heterocycles. The van der Waals surface area contributed by atoms with E-state index in [1.165, 1.54) is 0 Å². The van der Waals surface area contributed by atoms with Crippen LogP contribution in [0.3, 0.4) is 0 Å². The third kappa shape index (κ3) is 3.32. The van der Waals surface area contributed by atoms with Gasteiger partial charge in [0.15, 0.2) is 9.84 Å². The van der Waals surface area contributed by atoms with Crippen molar-refractivity contribution in [1.29, 1.82) is 0 Å². The molecule has 0 saturated heterocycles. The number of hydrogen-bond acceptors (Lipinski definition) is 3. The van der Waals surface area contributed by atoms with Gasteiger partial charge in [0.05, 0.1) is 10.1 Å². The summed E-state index contributed by atoms with van der Waals surface area (Å²) >= 11 is 0.